The van der Waals surface area contributed by atoms with Crippen LogP contribution in [0.1, 0.15) is 15.9 Å². The van der Waals surface area contributed by atoms with Gasteiger partial charge >= 0.3 is 5.97 Å². The molecule has 3 rings (SSSR count). The van der Waals surface area contributed by atoms with Crippen LogP contribution in [0.25, 0.3) is 11.0 Å². The van der Waals surface area contributed by atoms with Crippen LogP contribution >= 0.6 is 0 Å². The maximum Gasteiger partial charge on any atom is 0.335 e. The molecule has 0 saturated carbocycles. The molecule has 0 unspecified atom stereocenters. The van der Waals surface area contributed by atoms with E-state index in [4.69, 9.17) is 5.11 Å². The first-order valence-electron chi connectivity index (χ1n) is 6.56. The number of carbonyl (C=O) groups is 1. The molecule has 0 bridgehead atoms. The summed E-state index contributed by atoms with van der Waals surface area (Å²) in [6, 6.07) is 11.2. The monoisotopic (exact) mass is 284 g/mol. The number of aryl methyl sites for hydroxylation is 2. The first kappa shape index (κ1) is 13.3. The Morgan fingerprint density at radius 3 is 2.67 bits per heavy atom. The molecule has 1 aromatic heterocycles. The van der Waals surface area contributed by atoms with Gasteiger partial charge in [0.15, 0.2) is 0 Å². The molecule has 0 saturated heterocycles. The summed E-state index contributed by atoms with van der Waals surface area (Å²) in [5, 5.41) is 9.04. The van der Waals surface area contributed by atoms with E-state index in [9.17, 15) is 9.18 Å². The van der Waals surface area contributed by atoms with Crippen molar-refractivity contribution in [2.75, 3.05) is 0 Å². The molecule has 0 aliphatic carbocycles. The van der Waals surface area contributed by atoms with Crippen LogP contribution in [-0.4, -0.2) is 20.6 Å². The lowest BCUT2D eigenvalue weighted by Gasteiger charge is -2.05. The molecule has 4 nitrogen and oxygen atoms in total. The van der Waals surface area contributed by atoms with Crippen LogP contribution < -0.4 is 0 Å². The van der Waals surface area contributed by atoms with Crippen LogP contribution in [0.5, 0.6) is 0 Å². The van der Waals surface area contributed by atoms with E-state index in [1.807, 2.05) is 4.57 Å². The average molecular weight is 284 g/mol. The Morgan fingerprint density at radius 2 is 1.95 bits per heavy atom. The van der Waals surface area contributed by atoms with Crippen molar-refractivity contribution in [2.24, 2.45) is 0 Å². The lowest BCUT2D eigenvalue weighted by molar-refractivity contribution is 0.0697. The van der Waals surface area contributed by atoms with E-state index < -0.39 is 5.97 Å². The molecule has 0 spiro atoms. The quantitative estimate of drug-likeness (QED) is 0.801. The molecule has 1 N–H and O–H groups in total. The molecule has 106 valence electrons. The Morgan fingerprint density at radius 1 is 1.19 bits per heavy atom. The van der Waals surface area contributed by atoms with E-state index in [1.165, 1.54) is 12.1 Å². The van der Waals surface area contributed by atoms with Crippen LogP contribution in [0.4, 0.5) is 4.39 Å². The Balaban J connectivity index is 1.84. The zero-order valence-corrected chi connectivity index (χ0v) is 11.2. The van der Waals surface area contributed by atoms with Crippen molar-refractivity contribution < 1.29 is 14.3 Å². The predicted octanol–water partition coefficient (Wildman–Crippen LogP) is 3.12. The number of halogens is 1. The summed E-state index contributed by atoms with van der Waals surface area (Å²) in [6.07, 6.45) is 2.42. The molecule has 2 aromatic carbocycles. The average Bonchev–Trinajstić information content (AvgIpc) is 2.89. The number of hydrogen-bond acceptors (Lipinski definition) is 2. The van der Waals surface area contributed by atoms with Gasteiger partial charge in [0.25, 0.3) is 0 Å². The van der Waals surface area contributed by atoms with Gasteiger partial charge in [0.1, 0.15) is 5.82 Å². The van der Waals surface area contributed by atoms with Gasteiger partial charge in [-0.15, -0.1) is 0 Å². The molecule has 3 aromatic rings. The number of rotatable bonds is 4. The van der Waals surface area contributed by atoms with Gasteiger partial charge in [-0.3, -0.25) is 0 Å². The number of aromatic carboxylic acids is 1. The number of benzene rings is 2. The van der Waals surface area contributed by atoms with Gasteiger partial charge in [-0.25, -0.2) is 14.2 Å². The molecule has 0 atom stereocenters. The number of fused-ring (bicyclic) bond motifs is 1. The maximum atomic E-state index is 12.9. The number of nitrogens with zero attached hydrogens (tertiary/aromatic N) is 2. The fourth-order valence-corrected chi connectivity index (χ4v) is 2.27. The van der Waals surface area contributed by atoms with Crippen LogP contribution in [-0.2, 0) is 13.0 Å². The molecule has 0 fully saturated rings. The van der Waals surface area contributed by atoms with Gasteiger partial charge in [-0.05, 0) is 42.3 Å². The minimum Gasteiger partial charge on any atom is -0.478 e. The van der Waals surface area contributed by atoms with Crippen LogP contribution in [0.15, 0.2) is 48.8 Å². The molecule has 0 aliphatic heterocycles. The molecule has 5 heteroatoms. The Kier molecular flexibility index (Phi) is 3.39. The third-order valence-electron chi connectivity index (χ3n) is 3.42. The van der Waals surface area contributed by atoms with Gasteiger partial charge < -0.3 is 9.67 Å². The van der Waals surface area contributed by atoms with E-state index in [0.717, 1.165) is 23.0 Å². The SMILES string of the molecule is O=C(O)c1ccc2ncn(CCc3ccc(F)cc3)c2c1. The fourth-order valence-electron chi connectivity index (χ4n) is 2.27. The molecule has 21 heavy (non-hydrogen) atoms. The molecule has 0 radical (unpaired) electrons. The van der Waals surface area contributed by atoms with Crippen molar-refractivity contribution in [1.82, 2.24) is 9.55 Å². The zero-order valence-electron chi connectivity index (χ0n) is 11.2. The minimum atomic E-state index is -0.955. The number of aromatic nitrogens is 2. The zero-order chi connectivity index (χ0) is 14.8. The van der Waals surface area contributed by atoms with Crippen LogP contribution in [0.2, 0.25) is 0 Å². The van der Waals surface area contributed by atoms with E-state index in [-0.39, 0.29) is 11.4 Å². The highest BCUT2D eigenvalue weighted by Gasteiger charge is 2.08. The molecule has 1 heterocycles. The van der Waals surface area contributed by atoms with Crippen molar-refractivity contribution in [3.8, 4) is 0 Å². The lowest BCUT2D eigenvalue weighted by atomic mass is 10.1. The third kappa shape index (κ3) is 2.76. The summed E-state index contributed by atoms with van der Waals surface area (Å²) in [5.74, 6) is -1.21. The minimum absolute atomic E-state index is 0.242. The highest BCUT2D eigenvalue weighted by Crippen LogP contribution is 2.16. The van der Waals surface area contributed by atoms with Crippen molar-refractivity contribution in [2.45, 2.75) is 13.0 Å². The van der Waals surface area contributed by atoms with Crippen molar-refractivity contribution in [1.29, 1.82) is 0 Å². The maximum absolute atomic E-state index is 12.9. The Bertz CT molecular complexity index is 794. The number of imidazole rings is 1. The molecular formula is C16H13FN2O2. The predicted molar refractivity (Wildman–Crippen MR) is 76.8 cm³/mol. The van der Waals surface area contributed by atoms with Gasteiger partial charge in [0, 0.05) is 6.54 Å². The largest absolute Gasteiger partial charge is 0.478 e. The number of hydrogen-bond donors (Lipinski definition) is 1. The molecular weight excluding hydrogens is 271 g/mol. The van der Waals surface area contributed by atoms with Crippen molar-refractivity contribution in [3.63, 3.8) is 0 Å². The van der Waals surface area contributed by atoms with Gasteiger partial charge in [0.2, 0.25) is 0 Å². The summed E-state index contributed by atoms with van der Waals surface area (Å²) in [6.45, 7) is 0.658. The standard InChI is InChI=1S/C16H13FN2O2/c17-13-4-1-11(2-5-13)7-8-19-10-18-14-6-3-12(16(20)21)9-15(14)19/h1-6,9-10H,7-8H2,(H,20,21). The molecule has 0 aliphatic rings. The number of carboxylic acids is 1. The Hall–Kier alpha value is -2.69. The van der Waals surface area contributed by atoms with Crippen molar-refractivity contribution in [3.05, 3.63) is 65.7 Å². The Labute approximate surface area is 120 Å². The normalized spacial score (nSPS) is 10.9. The van der Waals surface area contributed by atoms with Crippen LogP contribution in [0, 0.1) is 5.82 Å². The highest BCUT2D eigenvalue weighted by atomic mass is 19.1. The van der Waals surface area contributed by atoms with E-state index >= 15 is 0 Å². The summed E-state index contributed by atoms with van der Waals surface area (Å²) in [4.78, 5) is 15.3. The third-order valence-corrected chi connectivity index (χ3v) is 3.42. The van der Waals surface area contributed by atoms with Gasteiger partial charge in [-0.1, -0.05) is 12.1 Å². The van der Waals surface area contributed by atoms with Gasteiger partial charge in [0.05, 0.1) is 22.9 Å². The first-order chi connectivity index (χ1) is 10.1. The van der Waals surface area contributed by atoms with E-state index in [0.29, 0.717) is 6.54 Å². The number of carboxylic acid groups (broad SMARTS) is 1. The van der Waals surface area contributed by atoms with E-state index in [2.05, 4.69) is 4.98 Å². The second-order valence-corrected chi connectivity index (χ2v) is 4.82. The lowest BCUT2D eigenvalue weighted by Crippen LogP contribution is -2.01. The topological polar surface area (TPSA) is 55.1 Å². The van der Waals surface area contributed by atoms with Crippen molar-refractivity contribution >= 4 is 17.0 Å². The summed E-state index contributed by atoms with van der Waals surface area (Å²) >= 11 is 0. The first-order valence-corrected chi connectivity index (χ1v) is 6.56. The van der Waals surface area contributed by atoms with Gasteiger partial charge in [-0.2, -0.15) is 0 Å². The summed E-state index contributed by atoms with van der Waals surface area (Å²) < 4.78 is 14.8. The second-order valence-electron chi connectivity index (χ2n) is 4.82. The second kappa shape index (κ2) is 5.36. The highest BCUT2D eigenvalue weighted by molar-refractivity contribution is 5.92. The molecule has 0 amide bonds. The summed E-state index contributed by atoms with van der Waals surface area (Å²) in [7, 11) is 0. The fraction of sp³-hybridized carbons (Fsp3) is 0.125. The van der Waals surface area contributed by atoms with E-state index in [1.54, 1.807) is 36.7 Å². The summed E-state index contributed by atoms with van der Waals surface area (Å²) in [5.41, 5.74) is 2.81. The smallest absolute Gasteiger partial charge is 0.335 e. The van der Waals surface area contributed by atoms with Crippen LogP contribution in [0.3, 0.4) is 0 Å².